The Labute approximate surface area is 188 Å². The van der Waals surface area contributed by atoms with E-state index in [0.29, 0.717) is 0 Å². The molecule has 4 heterocycles. The summed E-state index contributed by atoms with van der Waals surface area (Å²) in [4.78, 5) is 40.2. The summed E-state index contributed by atoms with van der Waals surface area (Å²) in [5, 5.41) is 3.12. The number of piperidine rings is 1. The Kier molecular flexibility index (Phi) is 6.13. The van der Waals surface area contributed by atoms with Crippen LogP contribution in [-0.4, -0.2) is 51.6 Å². The Morgan fingerprint density at radius 3 is 2.50 bits per heavy atom. The molecule has 1 amide bonds. The predicted molar refractivity (Wildman–Crippen MR) is 121 cm³/mol. The SMILES string of the molecule is CC(C)c1nc(N2CCC(NC(=O)[C@@H]3CC(=O)OC3(C)C)CC2)ncc1-c1ccncc1. The fourth-order valence-corrected chi connectivity index (χ4v) is 4.48. The van der Waals surface area contributed by atoms with E-state index in [1.165, 1.54) is 0 Å². The van der Waals surface area contributed by atoms with Crippen molar-refractivity contribution in [1.29, 1.82) is 0 Å². The summed E-state index contributed by atoms with van der Waals surface area (Å²) in [7, 11) is 0. The van der Waals surface area contributed by atoms with E-state index < -0.39 is 11.5 Å². The number of hydrogen-bond acceptors (Lipinski definition) is 7. The maximum Gasteiger partial charge on any atom is 0.307 e. The van der Waals surface area contributed by atoms with E-state index in [1.807, 2.05) is 18.3 Å². The van der Waals surface area contributed by atoms with Gasteiger partial charge in [-0.05, 0) is 50.3 Å². The third kappa shape index (κ3) is 4.59. The molecule has 0 bridgehead atoms. The number of hydrogen-bond donors (Lipinski definition) is 1. The number of amides is 1. The first kappa shape index (κ1) is 22.2. The Morgan fingerprint density at radius 1 is 1.22 bits per heavy atom. The van der Waals surface area contributed by atoms with Gasteiger partial charge >= 0.3 is 5.97 Å². The molecule has 2 aliphatic rings. The van der Waals surface area contributed by atoms with E-state index in [0.717, 1.165) is 48.7 Å². The molecule has 0 radical (unpaired) electrons. The first-order chi connectivity index (χ1) is 15.2. The van der Waals surface area contributed by atoms with E-state index in [2.05, 4.69) is 34.0 Å². The summed E-state index contributed by atoms with van der Waals surface area (Å²) >= 11 is 0. The van der Waals surface area contributed by atoms with Crippen LogP contribution in [0, 0.1) is 5.92 Å². The first-order valence-corrected chi connectivity index (χ1v) is 11.3. The quantitative estimate of drug-likeness (QED) is 0.718. The standard InChI is InChI=1S/C24H31N5O3/c1-15(2)21-18(16-5-9-25-10-6-16)14-26-23(28-21)29-11-7-17(8-12-29)27-22(31)19-13-20(30)32-24(19,3)4/h5-6,9-10,14-15,17,19H,7-8,11-13H2,1-4H3,(H,27,31)/t19-/m0/s1. The second-order valence-electron chi connectivity index (χ2n) is 9.46. The molecule has 0 unspecified atom stereocenters. The van der Waals surface area contributed by atoms with E-state index in [4.69, 9.17) is 9.72 Å². The van der Waals surface area contributed by atoms with Gasteiger partial charge in [-0.3, -0.25) is 14.6 Å². The van der Waals surface area contributed by atoms with Crippen LogP contribution >= 0.6 is 0 Å². The van der Waals surface area contributed by atoms with Crippen LogP contribution in [0.4, 0.5) is 5.95 Å². The molecule has 0 aliphatic carbocycles. The smallest absolute Gasteiger partial charge is 0.307 e. The largest absolute Gasteiger partial charge is 0.459 e. The number of rotatable bonds is 5. The first-order valence-electron chi connectivity index (χ1n) is 11.3. The number of pyridine rings is 1. The van der Waals surface area contributed by atoms with Crippen LogP contribution in [0.15, 0.2) is 30.7 Å². The van der Waals surface area contributed by atoms with Crippen molar-refractivity contribution in [3.63, 3.8) is 0 Å². The van der Waals surface area contributed by atoms with Crippen molar-refractivity contribution in [3.8, 4) is 11.1 Å². The zero-order valence-electron chi connectivity index (χ0n) is 19.2. The predicted octanol–water partition coefficient (Wildman–Crippen LogP) is 3.09. The molecule has 4 rings (SSSR count). The van der Waals surface area contributed by atoms with Crippen molar-refractivity contribution in [2.24, 2.45) is 5.92 Å². The van der Waals surface area contributed by atoms with Crippen LogP contribution in [-0.2, 0) is 14.3 Å². The maximum atomic E-state index is 12.7. The highest BCUT2D eigenvalue weighted by Crippen LogP contribution is 2.33. The Morgan fingerprint density at radius 2 is 1.91 bits per heavy atom. The molecule has 2 aromatic heterocycles. The molecular weight excluding hydrogens is 406 g/mol. The second kappa shape index (κ2) is 8.84. The Bertz CT molecular complexity index is 984. The number of ether oxygens (including phenoxy) is 1. The van der Waals surface area contributed by atoms with Crippen molar-refractivity contribution >= 4 is 17.8 Å². The molecule has 170 valence electrons. The van der Waals surface area contributed by atoms with Gasteiger partial charge in [-0.25, -0.2) is 9.97 Å². The minimum Gasteiger partial charge on any atom is -0.459 e. The van der Waals surface area contributed by atoms with Gasteiger partial charge in [0.25, 0.3) is 0 Å². The molecule has 0 saturated carbocycles. The highest BCUT2D eigenvalue weighted by molar-refractivity contribution is 5.87. The van der Waals surface area contributed by atoms with E-state index in [1.54, 1.807) is 26.2 Å². The number of cyclic esters (lactones) is 1. The average molecular weight is 438 g/mol. The lowest BCUT2D eigenvalue weighted by Gasteiger charge is -2.34. The summed E-state index contributed by atoms with van der Waals surface area (Å²) in [6.07, 6.45) is 7.22. The normalized spacial score (nSPS) is 21.0. The Balaban J connectivity index is 1.40. The lowest BCUT2D eigenvalue weighted by molar-refractivity contribution is -0.147. The van der Waals surface area contributed by atoms with Gasteiger partial charge in [0.15, 0.2) is 0 Å². The molecule has 32 heavy (non-hydrogen) atoms. The van der Waals surface area contributed by atoms with E-state index >= 15 is 0 Å². The number of carbonyl (C=O) groups excluding carboxylic acids is 2. The molecule has 1 atom stereocenters. The van der Waals surface area contributed by atoms with Crippen molar-refractivity contribution in [2.75, 3.05) is 18.0 Å². The van der Waals surface area contributed by atoms with Crippen LogP contribution in [0.2, 0.25) is 0 Å². The summed E-state index contributed by atoms with van der Waals surface area (Å²) in [5.74, 6) is 0.145. The fraction of sp³-hybridized carbons (Fsp3) is 0.542. The van der Waals surface area contributed by atoms with E-state index in [-0.39, 0.29) is 30.3 Å². The molecule has 8 heteroatoms. The van der Waals surface area contributed by atoms with Crippen LogP contribution in [0.5, 0.6) is 0 Å². The van der Waals surface area contributed by atoms with Crippen molar-refractivity contribution in [1.82, 2.24) is 20.3 Å². The minimum atomic E-state index is -0.750. The molecular formula is C24H31N5O3. The van der Waals surface area contributed by atoms with Crippen molar-refractivity contribution < 1.29 is 14.3 Å². The van der Waals surface area contributed by atoms with Crippen molar-refractivity contribution in [3.05, 3.63) is 36.4 Å². The number of nitrogens with zero attached hydrogens (tertiary/aromatic N) is 4. The van der Waals surface area contributed by atoms with Crippen LogP contribution in [0.3, 0.4) is 0 Å². The monoisotopic (exact) mass is 437 g/mol. The highest BCUT2D eigenvalue weighted by Gasteiger charge is 2.46. The van der Waals surface area contributed by atoms with Gasteiger partial charge in [0.05, 0.1) is 18.0 Å². The number of anilines is 1. The zero-order valence-corrected chi connectivity index (χ0v) is 19.2. The molecule has 0 aromatic carbocycles. The van der Waals surface area contributed by atoms with Gasteiger partial charge in [-0.1, -0.05) is 13.8 Å². The number of nitrogens with one attached hydrogen (secondary N) is 1. The van der Waals surface area contributed by atoms with Crippen molar-refractivity contribution in [2.45, 2.75) is 64.5 Å². The van der Waals surface area contributed by atoms with Gasteiger partial charge in [-0.2, -0.15) is 0 Å². The third-order valence-corrected chi connectivity index (χ3v) is 6.37. The summed E-state index contributed by atoms with van der Waals surface area (Å²) in [6.45, 7) is 9.39. The lowest BCUT2D eigenvalue weighted by Crippen LogP contribution is -2.49. The minimum absolute atomic E-state index is 0.0749. The maximum absolute atomic E-state index is 12.7. The van der Waals surface area contributed by atoms with E-state index in [9.17, 15) is 9.59 Å². The van der Waals surface area contributed by atoms with Gasteiger partial charge in [-0.15, -0.1) is 0 Å². The van der Waals surface area contributed by atoms with Gasteiger partial charge in [0, 0.05) is 43.3 Å². The average Bonchev–Trinajstić information content (AvgIpc) is 3.06. The van der Waals surface area contributed by atoms with Gasteiger partial charge in [0.2, 0.25) is 11.9 Å². The number of aromatic nitrogens is 3. The van der Waals surface area contributed by atoms with Gasteiger partial charge in [0.1, 0.15) is 5.60 Å². The molecule has 2 fully saturated rings. The molecule has 2 aromatic rings. The number of esters is 1. The number of carbonyl (C=O) groups is 2. The summed E-state index contributed by atoms with van der Waals surface area (Å²) in [5.41, 5.74) is 2.36. The van der Waals surface area contributed by atoms with Gasteiger partial charge < -0.3 is 15.0 Å². The summed E-state index contributed by atoms with van der Waals surface area (Å²) < 4.78 is 5.29. The molecule has 2 aliphatic heterocycles. The van der Waals surface area contributed by atoms with Crippen LogP contribution in [0.1, 0.15) is 58.6 Å². The second-order valence-corrected chi connectivity index (χ2v) is 9.46. The zero-order chi connectivity index (χ0) is 22.9. The third-order valence-electron chi connectivity index (χ3n) is 6.37. The topological polar surface area (TPSA) is 97.3 Å². The van der Waals surface area contributed by atoms with Crippen LogP contribution in [0.25, 0.3) is 11.1 Å². The van der Waals surface area contributed by atoms with Crippen LogP contribution < -0.4 is 10.2 Å². The highest BCUT2D eigenvalue weighted by atomic mass is 16.6. The molecule has 2 saturated heterocycles. The Hall–Kier alpha value is -3.03. The summed E-state index contributed by atoms with van der Waals surface area (Å²) in [6, 6.07) is 4.02. The molecule has 8 nitrogen and oxygen atoms in total. The molecule has 1 N–H and O–H groups in total. The molecule has 0 spiro atoms. The fourth-order valence-electron chi connectivity index (χ4n) is 4.48. The lowest BCUT2D eigenvalue weighted by atomic mass is 9.89.